The topological polar surface area (TPSA) is 43.3 Å². The van der Waals surface area contributed by atoms with E-state index < -0.39 is 0 Å². The lowest BCUT2D eigenvalue weighted by molar-refractivity contribution is 0.589. The number of halogens is 2. The molecule has 0 bridgehead atoms. The van der Waals surface area contributed by atoms with E-state index in [0.29, 0.717) is 21.6 Å². The molecule has 3 heterocycles. The van der Waals surface area contributed by atoms with Gasteiger partial charge in [-0.05, 0) is 36.4 Å². The molecule has 0 atom stereocenters. The van der Waals surface area contributed by atoms with Crippen molar-refractivity contribution in [1.82, 2.24) is 14.4 Å². The van der Waals surface area contributed by atoms with Gasteiger partial charge in [0.25, 0.3) is 0 Å². The minimum atomic E-state index is 0.432. The Balaban J connectivity index is 1.77. The molecule has 0 radical (unpaired) electrons. The van der Waals surface area contributed by atoms with Crippen LogP contribution in [0.4, 0.5) is 0 Å². The van der Waals surface area contributed by atoms with Crippen LogP contribution < -0.4 is 0 Å². The first-order valence-electron chi connectivity index (χ1n) is 6.57. The largest absolute Gasteiger partial charge is 0.437 e. The van der Waals surface area contributed by atoms with Crippen molar-refractivity contribution in [3.8, 4) is 0 Å². The summed E-state index contributed by atoms with van der Waals surface area (Å²) in [5.74, 6) is 0.485. The van der Waals surface area contributed by atoms with E-state index in [9.17, 15) is 0 Å². The van der Waals surface area contributed by atoms with Crippen LogP contribution in [0, 0.1) is 0 Å². The molecule has 0 unspecified atom stereocenters. The number of benzene rings is 1. The summed E-state index contributed by atoms with van der Waals surface area (Å²) in [5.41, 5.74) is 2.97. The molecule has 0 amide bonds. The monoisotopic (exact) mass is 329 g/mol. The van der Waals surface area contributed by atoms with E-state index in [1.807, 2.05) is 34.9 Å². The van der Waals surface area contributed by atoms with Crippen molar-refractivity contribution < 1.29 is 4.42 Å². The van der Waals surface area contributed by atoms with E-state index in [2.05, 4.69) is 9.97 Å². The Hall–Kier alpha value is -2.30. The fourth-order valence-electron chi connectivity index (χ4n) is 2.28. The summed E-state index contributed by atoms with van der Waals surface area (Å²) in [7, 11) is 0. The lowest BCUT2D eigenvalue weighted by atomic mass is 10.3. The van der Waals surface area contributed by atoms with Crippen molar-refractivity contribution in [2.24, 2.45) is 0 Å². The third-order valence-electron chi connectivity index (χ3n) is 3.27. The molecule has 0 aliphatic rings. The molecule has 0 fully saturated rings. The maximum absolute atomic E-state index is 6.18. The number of rotatable bonds is 2. The van der Waals surface area contributed by atoms with E-state index >= 15 is 0 Å². The number of imidazole rings is 1. The molecule has 1 aromatic carbocycles. The number of hydrogen-bond donors (Lipinski definition) is 0. The lowest BCUT2D eigenvalue weighted by Crippen LogP contribution is -1.85. The van der Waals surface area contributed by atoms with Crippen molar-refractivity contribution >= 4 is 52.1 Å². The Morgan fingerprint density at radius 2 is 1.95 bits per heavy atom. The summed E-state index contributed by atoms with van der Waals surface area (Å²) >= 11 is 12.1. The summed E-state index contributed by atoms with van der Waals surface area (Å²) in [4.78, 5) is 8.66. The highest BCUT2D eigenvalue weighted by Crippen LogP contribution is 2.23. The molecule has 0 saturated heterocycles. The molecule has 0 N–H and O–H groups in total. The fourth-order valence-corrected chi connectivity index (χ4v) is 2.68. The normalized spacial score (nSPS) is 11.9. The van der Waals surface area contributed by atoms with Gasteiger partial charge in [0, 0.05) is 17.3 Å². The fraction of sp³-hybridized carbons (Fsp3) is 0. The molecule has 0 spiro atoms. The lowest BCUT2D eigenvalue weighted by Gasteiger charge is -1.94. The molecule has 0 aliphatic carbocycles. The first-order chi connectivity index (χ1) is 10.7. The minimum Gasteiger partial charge on any atom is -0.437 e. The molecule has 4 nitrogen and oxygen atoms in total. The molecule has 4 rings (SSSR count). The van der Waals surface area contributed by atoms with Crippen molar-refractivity contribution in [3.05, 3.63) is 64.4 Å². The third-order valence-corrected chi connectivity index (χ3v) is 3.79. The molecular formula is C16H9Cl2N3O. The van der Waals surface area contributed by atoms with Gasteiger partial charge in [0.05, 0.1) is 5.69 Å². The Bertz CT molecular complexity index is 1020. The summed E-state index contributed by atoms with van der Waals surface area (Å²) in [6, 6.07) is 11.1. The number of pyridine rings is 1. The van der Waals surface area contributed by atoms with Gasteiger partial charge in [0.1, 0.15) is 11.2 Å². The average molecular weight is 330 g/mol. The molecular weight excluding hydrogens is 321 g/mol. The molecule has 0 saturated carbocycles. The number of nitrogens with zero attached hydrogens (tertiary/aromatic N) is 3. The van der Waals surface area contributed by atoms with Crippen LogP contribution in [0.5, 0.6) is 0 Å². The quantitative estimate of drug-likeness (QED) is 0.522. The first kappa shape index (κ1) is 13.4. The standard InChI is InChI=1S/C16H9Cl2N3O/c17-10-4-6-13-11(9-10)19-15(22-13)7-5-12-16(18)20-14-3-1-2-8-21(12)14/h1-9H/b7-5+. The first-order valence-corrected chi connectivity index (χ1v) is 7.33. The maximum Gasteiger partial charge on any atom is 0.220 e. The van der Waals surface area contributed by atoms with Crippen molar-refractivity contribution in [1.29, 1.82) is 0 Å². The van der Waals surface area contributed by atoms with E-state index in [1.165, 1.54) is 0 Å². The number of aromatic nitrogens is 3. The smallest absolute Gasteiger partial charge is 0.220 e. The highest BCUT2D eigenvalue weighted by atomic mass is 35.5. The summed E-state index contributed by atoms with van der Waals surface area (Å²) in [5, 5.41) is 1.06. The van der Waals surface area contributed by atoms with Gasteiger partial charge in [-0.3, -0.25) is 4.40 Å². The van der Waals surface area contributed by atoms with Crippen molar-refractivity contribution in [2.45, 2.75) is 0 Å². The molecule has 22 heavy (non-hydrogen) atoms. The van der Waals surface area contributed by atoms with Crippen LogP contribution in [0.3, 0.4) is 0 Å². The molecule has 0 aliphatic heterocycles. The van der Waals surface area contributed by atoms with E-state index in [-0.39, 0.29) is 0 Å². The molecule has 108 valence electrons. The average Bonchev–Trinajstić information content (AvgIpc) is 3.04. The van der Waals surface area contributed by atoms with Gasteiger partial charge in [-0.25, -0.2) is 9.97 Å². The van der Waals surface area contributed by atoms with Gasteiger partial charge in [-0.15, -0.1) is 0 Å². The van der Waals surface area contributed by atoms with Gasteiger partial charge in [-0.2, -0.15) is 0 Å². The van der Waals surface area contributed by atoms with Crippen LogP contribution in [0.15, 0.2) is 47.0 Å². The predicted molar refractivity (Wildman–Crippen MR) is 88.1 cm³/mol. The van der Waals surface area contributed by atoms with Crippen LogP contribution >= 0.6 is 23.2 Å². The molecule has 6 heteroatoms. The summed E-state index contributed by atoms with van der Waals surface area (Å²) in [6.07, 6.45) is 5.49. The van der Waals surface area contributed by atoms with Crippen LogP contribution in [-0.2, 0) is 0 Å². The highest BCUT2D eigenvalue weighted by Gasteiger charge is 2.08. The van der Waals surface area contributed by atoms with Gasteiger partial charge in [0.2, 0.25) is 5.89 Å². The van der Waals surface area contributed by atoms with E-state index in [0.717, 1.165) is 16.9 Å². The van der Waals surface area contributed by atoms with Crippen molar-refractivity contribution in [2.75, 3.05) is 0 Å². The van der Waals surface area contributed by atoms with Gasteiger partial charge in [0.15, 0.2) is 10.7 Å². The Morgan fingerprint density at radius 1 is 1.05 bits per heavy atom. The Morgan fingerprint density at radius 3 is 2.86 bits per heavy atom. The van der Waals surface area contributed by atoms with Crippen LogP contribution in [-0.4, -0.2) is 14.4 Å². The summed E-state index contributed by atoms with van der Waals surface area (Å²) < 4.78 is 7.55. The van der Waals surface area contributed by atoms with Gasteiger partial charge in [-0.1, -0.05) is 29.3 Å². The second-order valence-corrected chi connectivity index (χ2v) is 5.51. The molecule has 4 aromatic rings. The van der Waals surface area contributed by atoms with Crippen molar-refractivity contribution in [3.63, 3.8) is 0 Å². The third kappa shape index (κ3) is 2.26. The number of hydrogen-bond acceptors (Lipinski definition) is 3. The van der Waals surface area contributed by atoms with Crippen LogP contribution in [0.1, 0.15) is 11.6 Å². The zero-order chi connectivity index (χ0) is 15.1. The van der Waals surface area contributed by atoms with E-state index in [1.54, 1.807) is 24.3 Å². The number of oxazole rings is 1. The van der Waals surface area contributed by atoms with Crippen LogP contribution in [0.25, 0.3) is 28.9 Å². The summed E-state index contributed by atoms with van der Waals surface area (Å²) in [6.45, 7) is 0. The van der Waals surface area contributed by atoms with Gasteiger partial charge < -0.3 is 4.42 Å². The minimum absolute atomic E-state index is 0.432. The second-order valence-electron chi connectivity index (χ2n) is 4.71. The predicted octanol–water partition coefficient (Wildman–Crippen LogP) is 4.95. The zero-order valence-corrected chi connectivity index (χ0v) is 12.7. The second kappa shape index (κ2) is 5.16. The van der Waals surface area contributed by atoms with E-state index in [4.69, 9.17) is 27.6 Å². The Labute approximate surface area is 135 Å². The SMILES string of the molecule is Clc1ccc2oc(/C=C/c3c(Cl)nc4ccccn34)nc2c1. The Kier molecular flexibility index (Phi) is 3.13. The molecule has 3 aromatic heterocycles. The van der Waals surface area contributed by atoms with Gasteiger partial charge >= 0.3 is 0 Å². The maximum atomic E-state index is 6.18. The highest BCUT2D eigenvalue weighted by molar-refractivity contribution is 6.31. The number of fused-ring (bicyclic) bond motifs is 2. The van der Waals surface area contributed by atoms with Crippen LogP contribution in [0.2, 0.25) is 10.2 Å². The zero-order valence-electron chi connectivity index (χ0n) is 11.2.